The van der Waals surface area contributed by atoms with Gasteiger partial charge in [-0.15, -0.1) is 0 Å². The van der Waals surface area contributed by atoms with Crippen molar-refractivity contribution in [1.82, 2.24) is 4.90 Å². The molecule has 0 spiro atoms. The lowest BCUT2D eigenvalue weighted by atomic mass is 10.1. The minimum Gasteiger partial charge on any atom is -0.379 e. The molecule has 2 aromatic rings. The van der Waals surface area contributed by atoms with E-state index in [9.17, 15) is 4.79 Å². The molecule has 0 aromatic heterocycles. The largest absolute Gasteiger partial charge is 0.379 e. The van der Waals surface area contributed by atoms with E-state index in [4.69, 9.17) is 27.9 Å². The summed E-state index contributed by atoms with van der Waals surface area (Å²) in [5.74, 6) is -0.183. The SMILES string of the molecule is O=C(Nc1cc(Cl)cc(Cl)c1)c1cccc(CN2CCOCC2)c1. The molecule has 126 valence electrons. The molecule has 6 heteroatoms. The summed E-state index contributed by atoms with van der Waals surface area (Å²) in [4.78, 5) is 14.8. The summed E-state index contributed by atoms with van der Waals surface area (Å²) in [6.45, 7) is 4.16. The molecule has 0 saturated carbocycles. The fourth-order valence-electron chi connectivity index (χ4n) is 2.66. The number of carbonyl (C=O) groups excluding carboxylic acids is 1. The first-order chi connectivity index (χ1) is 11.6. The number of benzene rings is 2. The average Bonchev–Trinajstić information content (AvgIpc) is 2.55. The number of hydrogen-bond acceptors (Lipinski definition) is 3. The number of nitrogens with one attached hydrogen (secondary N) is 1. The van der Waals surface area contributed by atoms with Gasteiger partial charge in [-0.25, -0.2) is 0 Å². The van der Waals surface area contributed by atoms with Gasteiger partial charge in [-0.05, 0) is 35.9 Å². The monoisotopic (exact) mass is 364 g/mol. The summed E-state index contributed by atoms with van der Waals surface area (Å²) >= 11 is 11.9. The maximum atomic E-state index is 12.5. The highest BCUT2D eigenvalue weighted by molar-refractivity contribution is 6.35. The van der Waals surface area contributed by atoms with Crippen LogP contribution < -0.4 is 5.32 Å². The first-order valence-corrected chi connectivity index (χ1v) is 8.52. The van der Waals surface area contributed by atoms with Crippen LogP contribution in [0.4, 0.5) is 5.69 Å². The third-order valence-corrected chi connectivity index (χ3v) is 4.26. The van der Waals surface area contributed by atoms with Crippen molar-refractivity contribution in [3.63, 3.8) is 0 Å². The van der Waals surface area contributed by atoms with Crippen molar-refractivity contribution in [2.75, 3.05) is 31.6 Å². The van der Waals surface area contributed by atoms with Crippen LogP contribution in [0.5, 0.6) is 0 Å². The van der Waals surface area contributed by atoms with Crippen LogP contribution in [0.15, 0.2) is 42.5 Å². The first kappa shape index (κ1) is 17.2. The Labute approximate surface area is 151 Å². The highest BCUT2D eigenvalue weighted by atomic mass is 35.5. The van der Waals surface area contributed by atoms with Crippen molar-refractivity contribution in [2.24, 2.45) is 0 Å². The molecule has 0 atom stereocenters. The maximum absolute atomic E-state index is 12.5. The van der Waals surface area contributed by atoms with Gasteiger partial charge in [-0.2, -0.15) is 0 Å². The normalized spacial score (nSPS) is 15.2. The lowest BCUT2D eigenvalue weighted by molar-refractivity contribution is 0.0342. The first-order valence-electron chi connectivity index (χ1n) is 7.77. The summed E-state index contributed by atoms with van der Waals surface area (Å²) in [5, 5.41) is 3.80. The molecule has 0 bridgehead atoms. The molecule has 1 aliphatic heterocycles. The average molecular weight is 365 g/mol. The van der Waals surface area contributed by atoms with Gasteiger partial charge in [-0.3, -0.25) is 9.69 Å². The van der Waals surface area contributed by atoms with E-state index in [2.05, 4.69) is 10.2 Å². The number of hydrogen-bond donors (Lipinski definition) is 1. The number of ether oxygens (including phenoxy) is 1. The van der Waals surface area contributed by atoms with E-state index in [0.29, 0.717) is 21.3 Å². The molecule has 1 N–H and O–H groups in total. The van der Waals surface area contributed by atoms with Crippen LogP contribution in [0.2, 0.25) is 10.0 Å². The van der Waals surface area contributed by atoms with Crippen molar-refractivity contribution >= 4 is 34.8 Å². The Hall–Kier alpha value is -1.59. The summed E-state index contributed by atoms with van der Waals surface area (Å²) in [5.41, 5.74) is 2.29. The number of carbonyl (C=O) groups is 1. The van der Waals surface area contributed by atoms with Crippen LogP contribution in [0.25, 0.3) is 0 Å². The molecular weight excluding hydrogens is 347 g/mol. The lowest BCUT2D eigenvalue weighted by Gasteiger charge is -2.26. The van der Waals surface area contributed by atoms with Crippen LogP contribution in [-0.2, 0) is 11.3 Å². The highest BCUT2D eigenvalue weighted by Crippen LogP contribution is 2.23. The summed E-state index contributed by atoms with van der Waals surface area (Å²) < 4.78 is 5.36. The number of anilines is 1. The molecule has 1 aliphatic rings. The van der Waals surface area contributed by atoms with E-state index in [1.54, 1.807) is 24.3 Å². The molecule has 1 heterocycles. The van der Waals surface area contributed by atoms with Gasteiger partial charge in [0.1, 0.15) is 0 Å². The second-order valence-corrected chi connectivity index (χ2v) is 6.57. The Bertz CT molecular complexity index is 710. The Morgan fingerprint density at radius 2 is 1.79 bits per heavy atom. The molecule has 0 aliphatic carbocycles. The Kier molecular flexibility index (Phi) is 5.74. The fourth-order valence-corrected chi connectivity index (χ4v) is 3.18. The summed E-state index contributed by atoms with van der Waals surface area (Å²) in [6.07, 6.45) is 0. The molecule has 1 fully saturated rings. The van der Waals surface area contributed by atoms with E-state index in [0.717, 1.165) is 38.4 Å². The Balaban J connectivity index is 1.69. The van der Waals surface area contributed by atoms with Crippen molar-refractivity contribution < 1.29 is 9.53 Å². The zero-order valence-corrected chi connectivity index (χ0v) is 14.6. The van der Waals surface area contributed by atoms with Gasteiger partial charge in [-0.1, -0.05) is 35.3 Å². The van der Waals surface area contributed by atoms with E-state index >= 15 is 0 Å². The van der Waals surface area contributed by atoms with Crippen LogP contribution in [0, 0.1) is 0 Å². The summed E-state index contributed by atoms with van der Waals surface area (Å²) in [7, 11) is 0. The minimum absolute atomic E-state index is 0.183. The van der Waals surface area contributed by atoms with Crippen LogP contribution in [0.3, 0.4) is 0 Å². The van der Waals surface area contributed by atoms with Gasteiger partial charge in [0.25, 0.3) is 5.91 Å². The second kappa shape index (κ2) is 7.99. The van der Waals surface area contributed by atoms with Gasteiger partial charge in [0.2, 0.25) is 0 Å². The highest BCUT2D eigenvalue weighted by Gasteiger charge is 2.12. The lowest BCUT2D eigenvalue weighted by Crippen LogP contribution is -2.35. The second-order valence-electron chi connectivity index (χ2n) is 5.70. The predicted octanol–water partition coefficient (Wildman–Crippen LogP) is 4.08. The molecule has 24 heavy (non-hydrogen) atoms. The van der Waals surface area contributed by atoms with Crippen LogP contribution >= 0.6 is 23.2 Å². The van der Waals surface area contributed by atoms with Crippen molar-refractivity contribution in [3.05, 3.63) is 63.6 Å². The molecule has 0 unspecified atom stereocenters. The number of rotatable bonds is 4. The van der Waals surface area contributed by atoms with Crippen LogP contribution in [-0.4, -0.2) is 37.1 Å². The third kappa shape index (κ3) is 4.71. The predicted molar refractivity (Wildman–Crippen MR) is 97.0 cm³/mol. The number of morpholine rings is 1. The molecule has 3 rings (SSSR count). The molecule has 0 radical (unpaired) electrons. The van der Waals surface area contributed by atoms with Gasteiger partial charge < -0.3 is 10.1 Å². The topological polar surface area (TPSA) is 41.6 Å². The Morgan fingerprint density at radius 1 is 1.08 bits per heavy atom. The van der Waals surface area contributed by atoms with E-state index in [1.165, 1.54) is 0 Å². The van der Waals surface area contributed by atoms with Crippen molar-refractivity contribution in [2.45, 2.75) is 6.54 Å². The van der Waals surface area contributed by atoms with Crippen LogP contribution in [0.1, 0.15) is 15.9 Å². The Morgan fingerprint density at radius 3 is 2.50 bits per heavy atom. The minimum atomic E-state index is -0.183. The number of amides is 1. The third-order valence-electron chi connectivity index (χ3n) is 3.82. The molecular formula is C18H18Cl2N2O2. The zero-order chi connectivity index (χ0) is 16.9. The molecule has 4 nitrogen and oxygen atoms in total. The maximum Gasteiger partial charge on any atom is 0.255 e. The van der Waals surface area contributed by atoms with Crippen molar-refractivity contribution in [3.8, 4) is 0 Å². The van der Waals surface area contributed by atoms with Gasteiger partial charge in [0.15, 0.2) is 0 Å². The molecule has 1 amide bonds. The van der Waals surface area contributed by atoms with E-state index < -0.39 is 0 Å². The number of halogens is 2. The van der Waals surface area contributed by atoms with Gasteiger partial charge in [0.05, 0.1) is 13.2 Å². The molecule has 1 saturated heterocycles. The molecule has 2 aromatic carbocycles. The quantitative estimate of drug-likeness (QED) is 0.888. The number of nitrogens with zero attached hydrogens (tertiary/aromatic N) is 1. The standard InChI is InChI=1S/C18H18Cl2N2O2/c19-15-9-16(20)11-17(10-15)21-18(23)14-3-1-2-13(8-14)12-22-4-6-24-7-5-22/h1-3,8-11H,4-7,12H2,(H,21,23). The van der Waals surface area contributed by atoms with E-state index in [1.807, 2.05) is 18.2 Å². The fraction of sp³-hybridized carbons (Fsp3) is 0.278. The summed E-state index contributed by atoms with van der Waals surface area (Å²) in [6, 6.07) is 12.6. The van der Waals surface area contributed by atoms with Crippen molar-refractivity contribution in [1.29, 1.82) is 0 Å². The van der Waals surface area contributed by atoms with Gasteiger partial charge >= 0.3 is 0 Å². The zero-order valence-electron chi connectivity index (χ0n) is 13.1. The van der Waals surface area contributed by atoms with E-state index in [-0.39, 0.29) is 5.91 Å². The smallest absolute Gasteiger partial charge is 0.255 e. The van der Waals surface area contributed by atoms with Gasteiger partial charge in [0, 0.05) is 40.9 Å².